The molecule has 0 aliphatic carbocycles. The number of hydrogen-bond acceptors (Lipinski definition) is 8. The summed E-state index contributed by atoms with van der Waals surface area (Å²) >= 11 is 13.9. The van der Waals surface area contributed by atoms with Gasteiger partial charge in [-0.05, 0) is 43.3 Å². The first kappa shape index (κ1) is 23.8. The molecule has 172 valence electrons. The fourth-order valence-electron chi connectivity index (χ4n) is 3.04. The van der Waals surface area contributed by atoms with Crippen LogP contribution in [0.5, 0.6) is 0 Å². The molecule has 0 aliphatic heterocycles. The van der Waals surface area contributed by atoms with E-state index in [4.69, 9.17) is 23.2 Å². The van der Waals surface area contributed by atoms with Crippen LogP contribution in [0, 0.1) is 6.92 Å². The summed E-state index contributed by atoms with van der Waals surface area (Å²) < 4.78 is 25.1. The van der Waals surface area contributed by atoms with Crippen molar-refractivity contribution in [3.05, 3.63) is 58.3 Å². The van der Waals surface area contributed by atoms with Gasteiger partial charge in [0.2, 0.25) is 0 Å². The number of aryl methyl sites for hydroxylation is 1. The number of aromatic nitrogens is 3. The highest BCUT2D eigenvalue weighted by Crippen LogP contribution is 2.36. The van der Waals surface area contributed by atoms with Gasteiger partial charge in [0.1, 0.15) is 33.3 Å². The molecule has 4 aromatic rings. The average molecular weight is 542 g/mol. The first-order valence-electron chi connectivity index (χ1n) is 9.43. The van der Waals surface area contributed by atoms with Crippen LogP contribution < -0.4 is 14.3 Å². The lowest BCUT2D eigenvalue weighted by Gasteiger charge is -2.18. The molecule has 4 rings (SSSR count). The van der Waals surface area contributed by atoms with Crippen molar-refractivity contribution in [1.82, 2.24) is 15.0 Å². The Kier molecular flexibility index (Phi) is 7.15. The Morgan fingerprint density at radius 2 is 1.55 bits per heavy atom. The Hall–Kier alpha value is -2.31. The SMILES string of the molecule is Cc1nc(Nc2ccc(N(S(C)=O)S(C)=O)cc2)c2nc(Nc3c(Cl)cccc3Cl)sc2n1. The maximum Gasteiger partial charge on any atom is 0.190 e. The van der Waals surface area contributed by atoms with E-state index in [1.165, 1.54) is 27.6 Å². The highest BCUT2D eigenvalue weighted by atomic mass is 35.5. The van der Waals surface area contributed by atoms with E-state index in [1.807, 2.05) is 0 Å². The molecule has 0 radical (unpaired) electrons. The highest BCUT2D eigenvalue weighted by molar-refractivity contribution is 8.03. The van der Waals surface area contributed by atoms with E-state index in [0.717, 1.165) is 5.69 Å². The molecule has 0 fully saturated rings. The van der Waals surface area contributed by atoms with Gasteiger partial charge < -0.3 is 10.6 Å². The third kappa shape index (κ3) is 5.28. The summed E-state index contributed by atoms with van der Waals surface area (Å²) in [5.74, 6) is 1.12. The second-order valence-electron chi connectivity index (χ2n) is 6.79. The van der Waals surface area contributed by atoms with Gasteiger partial charge in [0.05, 0.1) is 21.4 Å². The molecule has 33 heavy (non-hydrogen) atoms. The van der Waals surface area contributed by atoms with Gasteiger partial charge in [-0.25, -0.2) is 27.1 Å². The number of rotatable bonds is 7. The zero-order chi connectivity index (χ0) is 23.7. The minimum absolute atomic E-state index is 0.484. The van der Waals surface area contributed by atoms with Gasteiger partial charge in [-0.3, -0.25) is 0 Å². The fraction of sp³-hybridized carbons (Fsp3) is 0.150. The van der Waals surface area contributed by atoms with Crippen LogP contribution >= 0.6 is 34.5 Å². The second kappa shape index (κ2) is 9.90. The summed E-state index contributed by atoms with van der Waals surface area (Å²) in [5, 5.41) is 7.96. The lowest BCUT2D eigenvalue weighted by Crippen LogP contribution is -2.26. The average Bonchev–Trinajstić information content (AvgIpc) is 3.14. The molecule has 2 N–H and O–H groups in total. The predicted molar refractivity (Wildman–Crippen MR) is 140 cm³/mol. The summed E-state index contributed by atoms with van der Waals surface area (Å²) in [6, 6.07) is 12.3. The third-order valence-corrected chi connectivity index (χ3v) is 8.48. The molecule has 0 bridgehead atoms. The van der Waals surface area contributed by atoms with Gasteiger partial charge >= 0.3 is 0 Å². The van der Waals surface area contributed by atoms with E-state index < -0.39 is 22.0 Å². The highest BCUT2D eigenvalue weighted by Gasteiger charge is 2.16. The predicted octanol–water partition coefficient (Wildman–Crippen LogP) is 5.58. The number of halogens is 2. The van der Waals surface area contributed by atoms with Crippen LogP contribution in [0.4, 0.5) is 28.0 Å². The number of nitrogens with zero attached hydrogens (tertiary/aromatic N) is 4. The number of hydrogen-bond donors (Lipinski definition) is 2. The van der Waals surface area contributed by atoms with Gasteiger partial charge in [-0.1, -0.05) is 40.6 Å². The number of fused-ring (bicyclic) bond motifs is 1. The first-order valence-corrected chi connectivity index (χ1v) is 14.0. The van der Waals surface area contributed by atoms with Crippen LogP contribution in [0.3, 0.4) is 0 Å². The molecule has 0 saturated heterocycles. The van der Waals surface area contributed by atoms with Crippen molar-refractivity contribution in [3.8, 4) is 0 Å². The lowest BCUT2D eigenvalue weighted by atomic mass is 10.3. The molecule has 0 saturated carbocycles. The summed E-state index contributed by atoms with van der Waals surface area (Å²) in [7, 11) is -2.82. The molecule has 2 atom stereocenters. The summed E-state index contributed by atoms with van der Waals surface area (Å²) in [5.41, 5.74) is 2.48. The Labute approximate surface area is 209 Å². The number of anilines is 5. The molecular weight excluding hydrogens is 523 g/mol. The minimum Gasteiger partial charge on any atom is -0.338 e. The zero-order valence-corrected chi connectivity index (χ0v) is 21.6. The third-order valence-electron chi connectivity index (χ3n) is 4.37. The Balaban J connectivity index is 1.64. The molecule has 0 aliphatic rings. The van der Waals surface area contributed by atoms with E-state index >= 15 is 0 Å². The smallest absolute Gasteiger partial charge is 0.190 e. The number of benzene rings is 2. The fourth-order valence-corrected chi connectivity index (χ4v) is 6.44. The van der Waals surface area contributed by atoms with Crippen molar-refractivity contribution in [3.63, 3.8) is 0 Å². The van der Waals surface area contributed by atoms with Crippen LogP contribution in [-0.2, 0) is 22.0 Å². The van der Waals surface area contributed by atoms with Crippen molar-refractivity contribution in [2.24, 2.45) is 0 Å². The zero-order valence-electron chi connectivity index (χ0n) is 17.6. The first-order chi connectivity index (χ1) is 15.7. The van der Waals surface area contributed by atoms with Gasteiger partial charge in [-0.15, -0.1) is 0 Å². The molecule has 2 unspecified atom stereocenters. The maximum absolute atomic E-state index is 11.9. The molecule has 0 spiro atoms. The maximum atomic E-state index is 11.9. The molecule has 2 aromatic heterocycles. The van der Waals surface area contributed by atoms with E-state index in [0.29, 0.717) is 48.5 Å². The van der Waals surface area contributed by atoms with E-state index in [9.17, 15) is 8.42 Å². The number of para-hydroxylation sites is 1. The van der Waals surface area contributed by atoms with Crippen molar-refractivity contribution in [2.75, 3.05) is 26.9 Å². The largest absolute Gasteiger partial charge is 0.338 e. The molecule has 2 heterocycles. The van der Waals surface area contributed by atoms with E-state index in [2.05, 4.69) is 25.6 Å². The molecule has 0 amide bonds. The summed E-state index contributed by atoms with van der Waals surface area (Å²) in [6.07, 6.45) is 2.97. The molecular formula is C20H18Cl2N6O2S3. The topological polar surface area (TPSA) is 100 Å². The van der Waals surface area contributed by atoms with Gasteiger partial charge in [0.15, 0.2) is 15.8 Å². The lowest BCUT2D eigenvalue weighted by molar-refractivity contribution is 0.680. The molecule has 8 nitrogen and oxygen atoms in total. The van der Waals surface area contributed by atoms with Crippen LogP contribution in [0.1, 0.15) is 5.82 Å². The van der Waals surface area contributed by atoms with Crippen molar-refractivity contribution >= 4 is 94.9 Å². The quantitative estimate of drug-likeness (QED) is 0.315. The number of nitrogens with one attached hydrogen (secondary N) is 2. The second-order valence-corrected chi connectivity index (χ2v) is 11.2. The monoisotopic (exact) mass is 540 g/mol. The summed E-state index contributed by atoms with van der Waals surface area (Å²) in [4.78, 5) is 14.3. The Bertz CT molecular complexity index is 1350. The summed E-state index contributed by atoms with van der Waals surface area (Å²) in [6.45, 7) is 1.80. The van der Waals surface area contributed by atoms with Crippen molar-refractivity contribution < 1.29 is 8.42 Å². The van der Waals surface area contributed by atoms with Gasteiger partial charge in [0.25, 0.3) is 0 Å². The number of thiazole rings is 1. The van der Waals surface area contributed by atoms with Crippen LogP contribution in [0.15, 0.2) is 42.5 Å². The van der Waals surface area contributed by atoms with E-state index in [1.54, 1.807) is 49.4 Å². The standard InChI is InChI=1S/C20H18Cl2N6O2S3/c1-11-23-18(25-12-7-9-13(10-8-12)28(32(2)29)33(3)30)17-19(24-11)31-20(27-17)26-16-14(21)5-4-6-15(16)22/h4-10H,1-3H3,(H,26,27)(H,23,24,25). The molecule has 2 aromatic carbocycles. The van der Waals surface area contributed by atoms with Crippen LogP contribution in [0.25, 0.3) is 10.3 Å². The van der Waals surface area contributed by atoms with Crippen molar-refractivity contribution in [1.29, 1.82) is 0 Å². The van der Waals surface area contributed by atoms with Crippen molar-refractivity contribution in [2.45, 2.75) is 6.92 Å². The normalized spacial score (nSPS) is 13.0. The minimum atomic E-state index is -1.41. The van der Waals surface area contributed by atoms with Gasteiger partial charge in [-0.2, -0.15) is 0 Å². The Morgan fingerprint density at radius 1 is 0.909 bits per heavy atom. The van der Waals surface area contributed by atoms with E-state index in [-0.39, 0.29) is 0 Å². The molecule has 13 heteroatoms. The van der Waals surface area contributed by atoms with Crippen LogP contribution in [0.2, 0.25) is 10.0 Å². The Morgan fingerprint density at radius 3 is 2.15 bits per heavy atom. The van der Waals surface area contributed by atoms with Crippen LogP contribution in [-0.4, -0.2) is 35.9 Å². The van der Waals surface area contributed by atoms with Gasteiger partial charge in [0, 0.05) is 18.2 Å².